The fourth-order valence-corrected chi connectivity index (χ4v) is 5.68. The van der Waals surface area contributed by atoms with Crippen LogP contribution in [0.15, 0.2) is 60.8 Å². The van der Waals surface area contributed by atoms with E-state index >= 15 is 0 Å². The molecule has 2 atom stereocenters. The van der Waals surface area contributed by atoms with E-state index in [0.717, 1.165) is 35.6 Å². The Labute approximate surface area is 205 Å². The molecular weight excluding hydrogens is 438 g/mol. The van der Waals surface area contributed by atoms with Gasteiger partial charge in [-0.1, -0.05) is 36.4 Å². The molecule has 0 saturated carbocycles. The molecule has 7 nitrogen and oxygen atoms in total. The van der Waals surface area contributed by atoms with E-state index in [1.807, 2.05) is 24.3 Å². The molecule has 1 amide bonds. The SMILES string of the molecule is O=C(CNCc1ccccc1CN1CCC1)Nc1ccc2c(c1)CC1(C2)c2cccnc2NC1O. The van der Waals surface area contributed by atoms with Gasteiger partial charge >= 0.3 is 0 Å². The summed E-state index contributed by atoms with van der Waals surface area (Å²) in [6.07, 6.45) is 3.82. The molecule has 35 heavy (non-hydrogen) atoms. The zero-order valence-corrected chi connectivity index (χ0v) is 19.8. The van der Waals surface area contributed by atoms with E-state index in [4.69, 9.17) is 0 Å². The molecule has 3 aromatic rings. The molecule has 1 aromatic heterocycles. The standard InChI is InChI=1S/C28H31N5O2/c34-25(17-29-16-20-5-1-2-6-21(20)18-33-11-4-12-33)31-23-9-8-19-14-28(15-22(19)13-23)24-7-3-10-30-26(24)32-27(28)35/h1-3,5-10,13,27,29,35H,4,11-12,14-18H2,(H,30,32)(H,31,34). The van der Waals surface area contributed by atoms with E-state index in [9.17, 15) is 9.90 Å². The highest BCUT2D eigenvalue weighted by molar-refractivity contribution is 5.92. The lowest BCUT2D eigenvalue weighted by Crippen LogP contribution is -2.39. The zero-order chi connectivity index (χ0) is 23.8. The lowest BCUT2D eigenvalue weighted by atomic mass is 9.79. The number of nitrogens with one attached hydrogen (secondary N) is 3. The number of aromatic nitrogens is 1. The number of aliphatic hydroxyl groups excluding tert-OH is 1. The number of amides is 1. The molecule has 0 bridgehead atoms. The maximum Gasteiger partial charge on any atom is 0.238 e. The first kappa shape index (κ1) is 22.2. The lowest BCUT2D eigenvalue weighted by Gasteiger charge is -2.31. The molecule has 3 heterocycles. The van der Waals surface area contributed by atoms with Crippen LogP contribution < -0.4 is 16.0 Å². The first-order valence-electron chi connectivity index (χ1n) is 12.4. The van der Waals surface area contributed by atoms with Crippen molar-refractivity contribution in [3.05, 3.63) is 88.6 Å². The number of rotatable bonds is 7. The second-order valence-corrected chi connectivity index (χ2v) is 9.99. The Morgan fingerprint density at radius 3 is 2.74 bits per heavy atom. The average Bonchev–Trinajstić information content (AvgIpc) is 3.34. The molecule has 3 aliphatic rings. The number of benzene rings is 2. The van der Waals surface area contributed by atoms with Gasteiger partial charge in [0, 0.05) is 30.5 Å². The fraction of sp³-hybridized carbons (Fsp3) is 0.357. The van der Waals surface area contributed by atoms with Crippen LogP contribution in [0.1, 0.15) is 34.2 Å². The number of fused-ring (bicyclic) bond motifs is 3. The summed E-state index contributed by atoms with van der Waals surface area (Å²) in [4.78, 5) is 19.5. The summed E-state index contributed by atoms with van der Waals surface area (Å²) in [5.74, 6) is 0.703. The second kappa shape index (κ2) is 9.07. The van der Waals surface area contributed by atoms with Crippen LogP contribution in [0.5, 0.6) is 0 Å². The topological polar surface area (TPSA) is 89.5 Å². The molecule has 6 rings (SSSR count). The van der Waals surface area contributed by atoms with Crippen LogP contribution >= 0.6 is 0 Å². The summed E-state index contributed by atoms with van der Waals surface area (Å²) in [5, 5.41) is 20.3. The molecule has 2 aromatic carbocycles. The van der Waals surface area contributed by atoms with Gasteiger partial charge in [0.15, 0.2) is 0 Å². The van der Waals surface area contributed by atoms with Crippen LogP contribution in [0.4, 0.5) is 11.5 Å². The van der Waals surface area contributed by atoms with E-state index in [1.54, 1.807) is 6.20 Å². The van der Waals surface area contributed by atoms with E-state index in [2.05, 4.69) is 56.2 Å². The number of hydrogen-bond acceptors (Lipinski definition) is 6. The minimum atomic E-state index is -0.675. The average molecular weight is 470 g/mol. The summed E-state index contributed by atoms with van der Waals surface area (Å²) in [6.45, 7) is 4.24. The maximum absolute atomic E-state index is 12.6. The zero-order valence-electron chi connectivity index (χ0n) is 19.8. The molecule has 7 heteroatoms. The van der Waals surface area contributed by atoms with Gasteiger partial charge in [0.25, 0.3) is 0 Å². The highest BCUT2D eigenvalue weighted by Gasteiger charge is 2.50. The number of pyridine rings is 1. The smallest absolute Gasteiger partial charge is 0.238 e. The third kappa shape index (κ3) is 4.20. The van der Waals surface area contributed by atoms with Gasteiger partial charge in [-0.25, -0.2) is 4.98 Å². The van der Waals surface area contributed by atoms with Gasteiger partial charge < -0.3 is 21.1 Å². The number of carbonyl (C=O) groups is 1. The van der Waals surface area contributed by atoms with E-state index < -0.39 is 11.6 Å². The molecule has 4 N–H and O–H groups in total. The molecule has 1 aliphatic carbocycles. The highest BCUT2D eigenvalue weighted by Crippen LogP contribution is 2.48. The van der Waals surface area contributed by atoms with Gasteiger partial charge in [-0.3, -0.25) is 9.69 Å². The minimum absolute atomic E-state index is 0.0602. The van der Waals surface area contributed by atoms with Crippen LogP contribution in [0.2, 0.25) is 0 Å². The minimum Gasteiger partial charge on any atom is -0.373 e. The van der Waals surface area contributed by atoms with Crippen molar-refractivity contribution in [1.82, 2.24) is 15.2 Å². The molecule has 0 radical (unpaired) electrons. The van der Waals surface area contributed by atoms with Crippen molar-refractivity contribution in [2.24, 2.45) is 0 Å². The van der Waals surface area contributed by atoms with Crippen molar-refractivity contribution >= 4 is 17.4 Å². The van der Waals surface area contributed by atoms with E-state index in [1.165, 1.54) is 36.2 Å². The van der Waals surface area contributed by atoms with Gasteiger partial charge in [-0.2, -0.15) is 0 Å². The van der Waals surface area contributed by atoms with Crippen molar-refractivity contribution in [2.75, 3.05) is 30.3 Å². The Morgan fingerprint density at radius 1 is 1.09 bits per heavy atom. The summed E-state index contributed by atoms with van der Waals surface area (Å²) in [6, 6.07) is 18.5. The van der Waals surface area contributed by atoms with E-state index in [-0.39, 0.29) is 12.5 Å². The summed E-state index contributed by atoms with van der Waals surface area (Å²) in [5.41, 5.74) is 6.39. The van der Waals surface area contributed by atoms with Crippen molar-refractivity contribution in [1.29, 1.82) is 0 Å². The number of hydrogen-bond donors (Lipinski definition) is 4. The molecular formula is C28H31N5O2. The predicted molar refractivity (Wildman–Crippen MR) is 136 cm³/mol. The van der Waals surface area contributed by atoms with Crippen LogP contribution in [-0.2, 0) is 36.1 Å². The van der Waals surface area contributed by atoms with Crippen LogP contribution in [0.3, 0.4) is 0 Å². The first-order valence-corrected chi connectivity index (χ1v) is 12.4. The monoisotopic (exact) mass is 469 g/mol. The van der Waals surface area contributed by atoms with Crippen molar-refractivity contribution in [3.63, 3.8) is 0 Å². The number of carbonyl (C=O) groups excluding carboxylic acids is 1. The Balaban J connectivity index is 1.07. The molecule has 1 fully saturated rings. The summed E-state index contributed by atoms with van der Waals surface area (Å²) in [7, 11) is 0. The third-order valence-electron chi connectivity index (χ3n) is 7.70. The third-order valence-corrected chi connectivity index (χ3v) is 7.70. The van der Waals surface area contributed by atoms with Crippen molar-refractivity contribution in [3.8, 4) is 0 Å². The molecule has 2 unspecified atom stereocenters. The van der Waals surface area contributed by atoms with Crippen LogP contribution in [0.25, 0.3) is 0 Å². The van der Waals surface area contributed by atoms with Gasteiger partial charge in [-0.05, 0) is 72.8 Å². The number of likely N-dealkylation sites (tertiary alicyclic amines) is 1. The normalized spacial score (nSPS) is 22.4. The van der Waals surface area contributed by atoms with Crippen molar-refractivity contribution in [2.45, 2.75) is 44.0 Å². The second-order valence-electron chi connectivity index (χ2n) is 9.99. The Hall–Kier alpha value is -3.26. The van der Waals surface area contributed by atoms with Crippen molar-refractivity contribution < 1.29 is 9.90 Å². The van der Waals surface area contributed by atoms with Gasteiger partial charge in [0.2, 0.25) is 5.91 Å². The Kier molecular flexibility index (Phi) is 5.76. The van der Waals surface area contributed by atoms with E-state index in [0.29, 0.717) is 13.0 Å². The van der Waals surface area contributed by atoms with Gasteiger partial charge in [-0.15, -0.1) is 0 Å². The lowest BCUT2D eigenvalue weighted by molar-refractivity contribution is -0.115. The maximum atomic E-state index is 12.6. The molecule has 180 valence electrons. The molecule has 1 spiro atoms. The summed E-state index contributed by atoms with van der Waals surface area (Å²) >= 11 is 0. The highest BCUT2D eigenvalue weighted by atomic mass is 16.3. The van der Waals surface area contributed by atoms with Gasteiger partial charge in [0.1, 0.15) is 12.0 Å². The van der Waals surface area contributed by atoms with Gasteiger partial charge in [0.05, 0.1) is 12.0 Å². The first-order chi connectivity index (χ1) is 17.1. The van der Waals surface area contributed by atoms with Crippen LogP contribution in [0, 0.1) is 0 Å². The molecule has 2 aliphatic heterocycles. The number of aliphatic hydroxyl groups is 1. The number of anilines is 2. The fourth-order valence-electron chi connectivity index (χ4n) is 5.68. The predicted octanol–water partition coefficient (Wildman–Crippen LogP) is 2.80. The largest absolute Gasteiger partial charge is 0.373 e. The Morgan fingerprint density at radius 2 is 1.91 bits per heavy atom. The quantitative estimate of drug-likeness (QED) is 0.426. The van der Waals surface area contributed by atoms with Crippen LogP contribution in [-0.4, -0.2) is 46.8 Å². The summed E-state index contributed by atoms with van der Waals surface area (Å²) < 4.78 is 0. The molecule has 1 saturated heterocycles. The Bertz CT molecular complexity index is 1260. The number of nitrogens with zero attached hydrogens (tertiary/aromatic N) is 2.